The first-order valence-corrected chi connectivity index (χ1v) is 8.94. The van der Waals surface area contributed by atoms with Crippen LogP contribution < -0.4 is 10.0 Å². The van der Waals surface area contributed by atoms with Crippen LogP contribution in [0.15, 0.2) is 47.5 Å². The van der Waals surface area contributed by atoms with E-state index in [0.717, 1.165) is 0 Å². The summed E-state index contributed by atoms with van der Waals surface area (Å²) in [6, 6.07) is 9.64. The standard InChI is InChI=1S/C17H21N3O3S/c1-12-8-9-13(24(22,23)20-17(2,3)4)11-14(12)16(21)19-15-7-5-6-10-18-15/h5-11,20H,1-4H3,(H,18,19,21). The zero-order valence-corrected chi connectivity index (χ0v) is 14.9. The largest absolute Gasteiger partial charge is 0.307 e. The molecular formula is C17H21N3O3S. The minimum atomic E-state index is -3.71. The number of hydrogen-bond donors (Lipinski definition) is 2. The Kier molecular flexibility index (Phi) is 5.05. The second kappa shape index (κ2) is 6.70. The average Bonchev–Trinajstić information content (AvgIpc) is 2.46. The lowest BCUT2D eigenvalue weighted by Crippen LogP contribution is -2.40. The van der Waals surface area contributed by atoms with Gasteiger partial charge in [0.25, 0.3) is 5.91 Å². The SMILES string of the molecule is Cc1ccc(S(=O)(=O)NC(C)(C)C)cc1C(=O)Nc1ccccn1. The predicted octanol–water partition coefficient (Wildman–Crippen LogP) is 2.72. The van der Waals surface area contributed by atoms with Crippen LogP contribution in [0.4, 0.5) is 5.82 Å². The quantitative estimate of drug-likeness (QED) is 0.890. The van der Waals surface area contributed by atoms with Gasteiger partial charge in [-0.3, -0.25) is 4.79 Å². The Morgan fingerprint density at radius 2 is 1.83 bits per heavy atom. The van der Waals surface area contributed by atoms with E-state index in [1.165, 1.54) is 12.1 Å². The van der Waals surface area contributed by atoms with Crippen LogP contribution in [0.3, 0.4) is 0 Å². The van der Waals surface area contributed by atoms with E-state index in [1.807, 2.05) is 0 Å². The Hall–Kier alpha value is -2.25. The molecule has 2 N–H and O–H groups in total. The summed E-state index contributed by atoms with van der Waals surface area (Å²) in [6.45, 7) is 7.02. The van der Waals surface area contributed by atoms with Crippen LogP contribution in [-0.2, 0) is 10.0 Å². The molecule has 0 aliphatic carbocycles. The molecule has 0 unspecified atom stereocenters. The van der Waals surface area contributed by atoms with E-state index in [-0.39, 0.29) is 10.5 Å². The molecule has 0 atom stereocenters. The number of amides is 1. The molecule has 1 aromatic heterocycles. The maximum atomic E-state index is 12.4. The molecule has 6 nitrogen and oxygen atoms in total. The van der Waals surface area contributed by atoms with Gasteiger partial charge >= 0.3 is 0 Å². The van der Waals surface area contributed by atoms with Crippen molar-refractivity contribution in [3.05, 3.63) is 53.7 Å². The highest BCUT2D eigenvalue weighted by Crippen LogP contribution is 2.18. The zero-order chi connectivity index (χ0) is 18.0. The van der Waals surface area contributed by atoms with Gasteiger partial charge in [0.2, 0.25) is 10.0 Å². The minimum Gasteiger partial charge on any atom is -0.307 e. The number of nitrogens with zero attached hydrogens (tertiary/aromatic N) is 1. The lowest BCUT2D eigenvalue weighted by atomic mass is 10.1. The smallest absolute Gasteiger partial charge is 0.257 e. The van der Waals surface area contributed by atoms with Crippen molar-refractivity contribution in [3.8, 4) is 0 Å². The highest BCUT2D eigenvalue weighted by molar-refractivity contribution is 7.89. The summed E-state index contributed by atoms with van der Waals surface area (Å²) >= 11 is 0. The number of aryl methyl sites for hydroxylation is 1. The van der Waals surface area contributed by atoms with Gasteiger partial charge in [0, 0.05) is 17.3 Å². The molecule has 0 aliphatic heterocycles. The summed E-state index contributed by atoms with van der Waals surface area (Å²) in [5, 5.41) is 2.66. The number of carbonyl (C=O) groups is 1. The second-order valence-electron chi connectivity index (χ2n) is 6.50. The van der Waals surface area contributed by atoms with E-state index in [9.17, 15) is 13.2 Å². The fourth-order valence-electron chi connectivity index (χ4n) is 2.10. The molecule has 0 spiro atoms. The Morgan fingerprint density at radius 1 is 1.12 bits per heavy atom. The zero-order valence-electron chi connectivity index (χ0n) is 14.1. The normalized spacial score (nSPS) is 12.0. The molecule has 1 aromatic carbocycles. The van der Waals surface area contributed by atoms with Crippen molar-refractivity contribution in [1.29, 1.82) is 0 Å². The van der Waals surface area contributed by atoms with Gasteiger partial charge in [0.1, 0.15) is 5.82 Å². The van der Waals surface area contributed by atoms with E-state index < -0.39 is 21.5 Å². The number of nitrogens with one attached hydrogen (secondary N) is 2. The van der Waals surface area contributed by atoms with Crippen LogP contribution in [0.1, 0.15) is 36.7 Å². The molecule has 0 radical (unpaired) electrons. The summed E-state index contributed by atoms with van der Waals surface area (Å²) in [5.74, 6) is 0.00184. The van der Waals surface area contributed by atoms with Crippen LogP contribution in [0.2, 0.25) is 0 Å². The molecule has 7 heteroatoms. The summed E-state index contributed by atoms with van der Waals surface area (Å²) in [7, 11) is -3.71. The Balaban J connectivity index is 2.34. The summed E-state index contributed by atoms with van der Waals surface area (Å²) in [5.41, 5.74) is 0.357. The maximum absolute atomic E-state index is 12.4. The monoisotopic (exact) mass is 347 g/mol. The summed E-state index contributed by atoms with van der Waals surface area (Å²) in [4.78, 5) is 16.5. The molecule has 0 saturated carbocycles. The molecule has 2 aromatic rings. The fraction of sp³-hybridized carbons (Fsp3) is 0.294. The number of pyridine rings is 1. The lowest BCUT2D eigenvalue weighted by Gasteiger charge is -2.20. The van der Waals surface area contributed by atoms with Crippen molar-refractivity contribution in [2.75, 3.05) is 5.32 Å². The van der Waals surface area contributed by atoms with Crippen molar-refractivity contribution in [1.82, 2.24) is 9.71 Å². The Morgan fingerprint density at radius 3 is 2.42 bits per heavy atom. The molecule has 0 fully saturated rings. The molecular weight excluding hydrogens is 326 g/mol. The number of sulfonamides is 1. The van der Waals surface area contributed by atoms with Gasteiger partial charge < -0.3 is 5.32 Å². The highest BCUT2D eigenvalue weighted by atomic mass is 32.2. The number of hydrogen-bond acceptors (Lipinski definition) is 4. The van der Waals surface area contributed by atoms with E-state index in [0.29, 0.717) is 11.4 Å². The van der Waals surface area contributed by atoms with Gasteiger partial charge in [-0.2, -0.15) is 0 Å². The van der Waals surface area contributed by atoms with Gasteiger partial charge in [0.15, 0.2) is 0 Å². The van der Waals surface area contributed by atoms with Crippen molar-refractivity contribution < 1.29 is 13.2 Å². The molecule has 0 bridgehead atoms. The molecule has 24 heavy (non-hydrogen) atoms. The predicted molar refractivity (Wildman–Crippen MR) is 93.4 cm³/mol. The van der Waals surface area contributed by atoms with Crippen molar-refractivity contribution in [2.24, 2.45) is 0 Å². The summed E-state index contributed by atoms with van der Waals surface area (Å²) < 4.78 is 27.4. The first-order chi connectivity index (χ1) is 11.1. The Labute approximate surface area is 142 Å². The number of aromatic nitrogens is 1. The number of rotatable bonds is 4. The van der Waals surface area contributed by atoms with Crippen LogP contribution >= 0.6 is 0 Å². The first-order valence-electron chi connectivity index (χ1n) is 7.45. The van der Waals surface area contributed by atoms with Crippen LogP contribution in [0.5, 0.6) is 0 Å². The second-order valence-corrected chi connectivity index (χ2v) is 8.18. The van der Waals surface area contributed by atoms with Crippen LogP contribution in [0, 0.1) is 6.92 Å². The molecule has 2 rings (SSSR count). The third kappa shape index (κ3) is 4.62. The van der Waals surface area contributed by atoms with Gasteiger partial charge in [-0.25, -0.2) is 18.1 Å². The fourth-order valence-corrected chi connectivity index (χ4v) is 3.54. The number of anilines is 1. The molecule has 0 saturated heterocycles. The third-order valence-electron chi connectivity index (χ3n) is 3.11. The number of benzene rings is 1. The summed E-state index contributed by atoms with van der Waals surface area (Å²) in [6.07, 6.45) is 1.57. The molecule has 128 valence electrons. The van der Waals surface area contributed by atoms with E-state index in [2.05, 4.69) is 15.0 Å². The first kappa shape index (κ1) is 18.1. The van der Waals surface area contributed by atoms with Gasteiger partial charge in [-0.05, 0) is 57.5 Å². The van der Waals surface area contributed by atoms with E-state index >= 15 is 0 Å². The van der Waals surface area contributed by atoms with Crippen LogP contribution in [0.25, 0.3) is 0 Å². The van der Waals surface area contributed by atoms with Gasteiger partial charge in [-0.1, -0.05) is 12.1 Å². The topological polar surface area (TPSA) is 88.2 Å². The third-order valence-corrected chi connectivity index (χ3v) is 4.87. The Bertz CT molecular complexity index is 841. The lowest BCUT2D eigenvalue weighted by molar-refractivity contribution is 0.102. The molecule has 0 aliphatic rings. The van der Waals surface area contributed by atoms with Crippen molar-refractivity contribution in [3.63, 3.8) is 0 Å². The number of carbonyl (C=O) groups excluding carboxylic acids is 1. The molecule has 1 amide bonds. The van der Waals surface area contributed by atoms with Crippen molar-refractivity contribution >= 4 is 21.7 Å². The van der Waals surface area contributed by atoms with Gasteiger partial charge in [0.05, 0.1) is 4.90 Å². The van der Waals surface area contributed by atoms with Crippen LogP contribution in [-0.4, -0.2) is 24.8 Å². The molecule has 1 heterocycles. The maximum Gasteiger partial charge on any atom is 0.257 e. The van der Waals surface area contributed by atoms with Crippen molar-refractivity contribution in [2.45, 2.75) is 38.1 Å². The highest BCUT2D eigenvalue weighted by Gasteiger charge is 2.23. The van der Waals surface area contributed by atoms with E-state index in [4.69, 9.17) is 0 Å². The van der Waals surface area contributed by atoms with E-state index in [1.54, 1.807) is 58.2 Å². The van der Waals surface area contributed by atoms with Gasteiger partial charge in [-0.15, -0.1) is 0 Å². The minimum absolute atomic E-state index is 0.0502. The average molecular weight is 347 g/mol.